The van der Waals surface area contributed by atoms with E-state index < -0.39 is 27.6 Å². The summed E-state index contributed by atoms with van der Waals surface area (Å²) in [4.78, 5) is 13.9. The highest BCUT2D eigenvalue weighted by molar-refractivity contribution is 9.10. The molecular formula is C15H19BrClNO4S. The van der Waals surface area contributed by atoms with Gasteiger partial charge in [-0.25, -0.2) is 13.2 Å². The van der Waals surface area contributed by atoms with Crippen LogP contribution in [-0.4, -0.2) is 43.1 Å². The summed E-state index contributed by atoms with van der Waals surface area (Å²) in [6.45, 7) is 5.43. The number of nitrogens with zero attached hydrogens (tertiary/aromatic N) is 1. The number of sulfone groups is 1. The minimum Gasteiger partial charge on any atom is -0.444 e. The topological polar surface area (TPSA) is 63.7 Å². The molecule has 1 fully saturated rings. The van der Waals surface area contributed by atoms with E-state index in [2.05, 4.69) is 15.9 Å². The number of halogens is 2. The maximum absolute atomic E-state index is 12.4. The number of carbonyl (C=O) groups is 1. The van der Waals surface area contributed by atoms with Crippen molar-refractivity contribution in [1.29, 1.82) is 0 Å². The molecule has 8 heteroatoms. The van der Waals surface area contributed by atoms with Gasteiger partial charge in [-0.3, -0.25) is 4.90 Å². The molecule has 0 N–H and O–H groups in total. The standard InChI is InChI=1S/C15H19BrClNO4S/c1-15(2,3)22-14(19)18-4-5-23(20,21)9-13(18)10-6-11(16)8-12(17)7-10/h6-8,13H,4-5,9H2,1-3H3. The zero-order valence-electron chi connectivity index (χ0n) is 13.2. The Morgan fingerprint density at radius 2 is 2.00 bits per heavy atom. The fraction of sp³-hybridized carbons (Fsp3) is 0.533. The summed E-state index contributed by atoms with van der Waals surface area (Å²) in [5.74, 6) is -0.205. The Morgan fingerprint density at radius 1 is 1.35 bits per heavy atom. The summed E-state index contributed by atoms with van der Waals surface area (Å²) in [7, 11) is -3.22. The lowest BCUT2D eigenvalue weighted by Gasteiger charge is -2.36. The molecule has 0 saturated carbocycles. The molecule has 1 aliphatic rings. The molecule has 0 spiro atoms. The summed E-state index contributed by atoms with van der Waals surface area (Å²) in [6, 6.07) is 4.54. The lowest BCUT2D eigenvalue weighted by Crippen LogP contribution is -2.47. The van der Waals surface area contributed by atoms with Gasteiger partial charge in [-0.05, 0) is 44.5 Å². The van der Waals surface area contributed by atoms with Crippen LogP contribution in [0.1, 0.15) is 32.4 Å². The Balaban J connectivity index is 2.38. The first kappa shape index (κ1) is 18.5. The highest BCUT2D eigenvalue weighted by atomic mass is 79.9. The van der Waals surface area contributed by atoms with E-state index in [9.17, 15) is 13.2 Å². The van der Waals surface area contributed by atoms with Crippen molar-refractivity contribution < 1.29 is 17.9 Å². The predicted molar refractivity (Wildman–Crippen MR) is 93.5 cm³/mol. The quantitative estimate of drug-likeness (QED) is 0.688. The Hall–Kier alpha value is -0.790. The van der Waals surface area contributed by atoms with Crippen molar-refractivity contribution in [2.45, 2.75) is 32.4 Å². The molecule has 23 heavy (non-hydrogen) atoms. The van der Waals surface area contributed by atoms with Crippen molar-refractivity contribution in [1.82, 2.24) is 4.90 Å². The number of amides is 1. The second kappa shape index (κ2) is 6.61. The SMILES string of the molecule is CC(C)(C)OC(=O)N1CCS(=O)(=O)CC1c1cc(Cl)cc(Br)c1. The molecule has 128 valence electrons. The molecular weight excluding hydrogens is 406 g/mol. The maximum Gasteiger partial charge on any atom is 0.410 e. The van der Waals surface area contributed by atoms with E-state index in [1.807, 2.05) is 0 Å². The highest BCUT2D eigenvalue weighted by Gasteiger charge is 2.37. The van der Waals surface area contributed by atoms with E-state index in [-0.39, 0.29) is 18.1 Å². The van der Waals surface area contributed by atoms with Crippen LogP contribution in [0.4, 0.5) is 4.79 Å². The van der Waals surface area contributed by atoms with Gasteiger partial charge in [-0.1, -0.05) is 27.5 Å². The molecule has 1 heterocycles. The molecule has 1 aromatic rings. The average molecular weight is 425 g/mol. The van der Waals surface area contributed by atoms with Crippen molar-refractivity contribution in [2.24, 2.45) is 0 Å². The molecule has 1 aliphatic heterocycles. The molecule has 0 aliphatic carbocycles. The van der Waals surface area contributed by atoms with Gasteiger partial charge >= 0.3 is 6.09 Å². The van der Waals surface area contributed by atoms with Gasteiger partial charge in [0.05, 0.1) is 17.5 Å². The molecule has 1 saturated heterocycles. The number of hydrogen-bond acceptors (Lipinski definition) is 4. The maximum atomic E-state index is 12.4. The van der Waals surface area contributed by atoms with Crippen LogP contribution in [0, 0.1) is 0 Å². The molecule has 1 aromatic carbocycles. The molecule has 1 amide bonds. The number of hydrogen-bond donors (Lipinski definition) is 0. The van der Waals surface area contributed by atoms with Gasteiger partial charge in [0.1, 0.15) is 5.60 Å². The lowest BCUT2D eigenvalue weighted by molar-refractivity contribution is 0.0181. The van der Waals surface area contributed by atoms with E-state index in [0.717, 1.165) is 4.47 Å². The van der Waals surface area contributed by atoms with Gasteiger partial charge in [-0.15, -0.1) is 0 Å². The lowest BCUT2D eigenvalue weighted by atomic mass is 10.1. The van der Waals surface area contributed by atoms with Crippen LogP contribution in [-0.2, 0) is 14.6 Å². The van der Waals surface area contributed by atoms with Gasteiger partial charge in [0.25, 0.3) is 0 Å². The van der Waals surface area contributed by atoms with E-state index in [1.54, 1.807) is 39.0 Å². The third-order valence-corrected chi connectivity index (χ3v) is 5.63. The summed E-state index contributed by atoms with van der Waals surface area (Å²) in [5.41, 5.74) is 0.0193. The number of ether oxygens (including phenoxy) is 1. The zero-order valence-corrected chi connectivity index (χ0v) is 16.3. The molecule has 1 atom stereocenters. The second-order valence-corrected chi connectivity index (χ2v) is 10.1. The first-order chi connectivity index (χ1) is 10.5. The third kappa shape index (κ3) is 5.09. The van der Waals surface area contributed by atoms with Crippen LogP contribution < -0.4 is 0 Å². The monoisotopic (exact) mass is 423 g/mol. The predicted octanol–water partition coefficient (Wildman–Crippen LogP) is 3.81. The van der Waals surface area contributed by atoms with E-state index in [0.29, 0.717) is 10.6 Å². The van der Waals surface area contributed by atoms with Crippen LogP contribution in [0.2, 0.25) is 5.02 Å². The van der Waals surface area contributed by atoms with Crippen molar-refractivity contribution >= 4 is 43.5 Å². The smallest absolute Gasteiger partial charge is 0.410 e. The van der Waals surface area contributed by atoms with Crippen LogP contribution in [0.5, 0.6) is 0 Å². The van der Waals surface area contributed by atoms with Gasteiger partial charge in [0.2, 0.25) is 0 Å². The van der Waals surface area contributed by atoms with Crippen LogP contribution in [0.15, 0.2) is 22.7 Å². The summed E-state index contributed by atoms with van der Waals surface area (Å²) < 4.78 is 30.2. The van der Waals surface area contributed by atoms with Gasteiger partial charge in [0.15, 0.2) is 9.84 Å². The first-order valence-corrected chi connectivity index (χ1v) is 10.1. The van der Waals surface area contributed by atoms with Crippen molar-refractivity contribution in [2.75, 3.05) is 18.1 Å². The Labute approximate surface area is 150 Å². The summed E-state index contributed by atoms with van der Waals surface area (Å²) >= 11 is 9.41. The van der Waals surface area contributed by atoms with Crippen LogP contribution in [0.3, 0.4) is 0 Å². The van der Waals surface area contributed by atoms with Crippen molar-refractivity contribution in [3.8, 4) is 0 Å². The van der Waals surface area contributed by atoms with Crippen molar-refractivity contribution in [3.05, 3.63) is 33.3 Å². The Morgan fingerprint density at radius 3 is 2.57 bits per heavy atom. The number of rotatable bonds is 1. The molecule has 0 aromatic heterocycles. The second-order valence-electron chi connectivity index (χ2n) is 6.51. The fourth-order valence-electron chi connectivity index (χ4n) is 2.39. The van der Waals surface area contributed by atoms with E-state index >= 15 is 0 Å². The number of carbonyl (C=O) groups excluding carboxylic acids is 1. The molecule has 5 nitrogen and oxygen atoms in total. The molecule has 0 bridgehead atoms. The van der Waals surface area contributed by atoms with Crippen LogP contribution >= 0.6 is 27.5 Å². The Bertz CT molecular complexity index is 694. The number of benzene rings is 1. The minimum absolute atomic E-state index is 0.0650. The van der Waals surface area contributed by atoms with Gasteiger partial charge < -0.3 is 4.74 Å². The third-order valence-electron chi connectivity index (χ3n) is 3.33. The Kier molecular flexibility index (Phi) is 5.33. The molecule has 2 rings (SSSR count). The normalized spacial score (nSPS) is 21.1. The average Bonchev–Trinajstić information content (AvgIpc) is 2.34. The highest BCUT2D eigenvalue weighted by Crippen LogP contribution is 2.32. The molecule has 0 radical (unpaired) electrons. The summed E-state index contributed by atoms with van der Waals surface area (Å²) in [6.07, 6.45) is -0.520. The zero-order chi connectivity index (χ0) is 17.4. The largest absolute Gasteiger partial charge is 0.444 e. The first-order valence-electron chi connectivity index (χ1n) is 7.13. The minimum atomic E-state index is -3.22. The fourth-order valence-corrected chi connectivity index (χ4v) is 4.77. The van der Waals surface area contributed by atoms with E-state index in [4.69, 9.17) is 16.3 Å². The van der Waals surface area contributed by atoms with Gasteiger partial charge in [0, 0.05) is 16.0 Å². The van der Waals surface area contributed by atoms with Crippen molar-refractivity contribution in [3.63, 3.8) is 0 Å². The summed E-state index contributed by atoms with van der Waals surface area (Å²) in [5, 5.41) is 0.474. The van der Waals surface area contributed by atoms with Crippen LogP contribution in [0.25, 0.3) is 0 Å². The van der Waals surface area contributed by atoms with Gasteiger partial charge in [-0.2, -0.15) is 0 Å². The van der Waals surface area contributed by atoms with E-state index in [1.165, 1.54) is 4.90 Å². The molecule has 1 unspecified atom stereocenters.